The van der Waals surface area contributed by atoms with Gasteiger partial charge in [-0.1, -0.05) is 12.1 Å². The van der Waals surface area contributed by atoms with E-state index < -0.39 is 0 Å². The number of likely N-dealkylation sites (tertiary alicyclic amines) is 1. The highest BCUT2D eigenvalue weighted by Crippen LogP contribution is 2.19. The van der Waals surface area contributed by atoms with E-state index in [9.17, 15) is 4.79 Å². The summed E-state index contributed by atoms with van der Waals surface area (Å²) < 4.78 is 5.24. The summed E-state index contributed by atoms with van der Waals surface area (Å²) in [6.45, 7) is 5.36. The van der Waals surface area contributed by atoms with Crippen molar-refractivity contribution in [3.63, 3.8) is 0 Å². The minimum absolute atomic E-state index is 0.127. The van der Waals surface area contributed by atoms with Crippen LogP contribution in [0.25, 0.3) is 11.0 Å². The number of para-hydroxylation sites is 2. The highest BCUT2D eigenvalue weighted by molar-refractivity contribution is 5.92. The number of rotatable bonds is 5. The van der Waals surface area contributed by atoms with Gasteiger partial charge in [-0.25, -0.2) is 4.98 Å². The van der Waals surface area contributed by atoms with E-state index in [1.807, 2.05) is 31.2 Å². The molecule has 1 saturated heterocycles. The molecule has 1 aromatic carbocycles. The van der Waals surface area contributed by atoms with Crippen LogP contribution in [0.5, 0.6) is 0 Å². The summed E-state index contributed by atoms with van der Waals surface area (Å²) in [5.41, 5.74) is 2.96. The van der Waals surface area contributed by atoms with Gasteiger partial charge in [-0.05, 0) is 44.0 Å². The van der Waals surface area contributed by atoms with E-state index in [0.29, 0.717) is 18.2 Å². The average Bonchev–Trinajstić information content (AvgIpc) is 3.32. The van der Waals surface area contributed by atoms with E-state index in [1.165, 1.54) is 0 Å². The van der Waals surface area contributed by atoms with E-state index in [4.69, 9.17) is 4.42 Å². The molecular formula is C19H22N4O2. The second-order valence-corrected chi connectivity index (χ2v) is 6.73. The number of aromatic nitrogens is 2. The summed E-state index contributed by atoms with van der Waals surface area (Å²) in [5.74, 6) is 1.75. The molecule has 0 bridgehead atoms. The molecule has 130 valence electrons. The highest BCUT2D eigenvalue weighted by atomic mass is 16.3. The van der Waals surface area contributed by atoms with Crippen LogP contribution < -0.4 is 5.32 Å². The molecule has 0 saturated carbocycles. The number of benzene rings is 1. The molecule has 25 heavy (non-hydrogen) atoms. The normalized spacial score (nSPS) is 18.0. The Labute approximate surface area is 146 Å². The molecule has 1 amide bonds. The van der Waals surface area contributed by atoms with Gasteiger partial charge in [0.25, 0.3) is 5.91 Å². The Balaban J connectivity index is 1.29. The molecule has 6 heteroatoms. The van der Waals surface area contributed by atoms with Crippen molar-refractivity contribution in [1.29, 1.82) is 0 Å². The third-order valence-corrected chi connectivity index (χ3v) is 4.80. The van der Waals surface area contributed by atoms with Crippen LogP contribution in [0.1, 0.15) is 28.4 Å². The maximum atomic E-state index is 12.1. The third-order valence-electron chi connectivity index (χ3n) is 4.80. The fourth-order valence-electron chi connectivity index (χ4n) is 3.44. The molecular weight excluding hydrogens is 316 g/mol. The third kappa shape index (κ3) is 3.44. The SMILES string of the molecule is Cc1ccoc1C(=O)NC[C@H]1CCN(Cc2nc3ccccc3[nH]2)C1. The number of H-pyrrole nitrogens is 1. The Bertz CT molecular complexity index is 849. The first-order valence-electron chi connectivity index (χ1n) is 8.67. The summed E-state index contributed by atoms with van der Waals surface area (Å²) >= 11 is 0. The Kier molecular flexibility index (Phi) is 4.28. The zero-order chi connectivity index (χ0) is 17.2. The molecule has 0 radical (unpaired) electrons. The van der Waals surface area contributed by atoms with Crippen LogP contribution in [0.4, 0.5) is 0 Å². The second-order valence-electron chi connectivity index (χ2n) is 6.73. The molecule has 3 heterocycles. The predicted molar refractivity (Wildman–Crippen MR) is 95.3 cm³/mol. The molecule has 1 aliphatic rings. The highest BCUT2D eigenvalue weighted by Gasteiger charge is 2.24. The maximum Gasteiger partial charge on any atom is 0.287 e. The molecule has 3 aromatic rings. The quantitative estimate of drug-likeness (QED) is 0.750. The summed E-state index contributed by atoms with van der Waals surface area (Å²) in [4.78, 5) is 22.5. The smallest absolute Gasteiger partial charge is 0.287 e. The molecule has 0 aliphatic carbocycles. The molecule has 1 atom stereocenters. The van der Waals surface area contributed by atoms with Gasteiger partial charge in [0.05, 0.1) is 23.8 Å². The van der Waals surface area contributed by atoms with Gasteiger partial charge in [-0.15, -0.1) is 0 Å². The topological polar surface area (TPSA) is 74.2 Å². The van der Waals surface area contributed by atoms with Crippen LogP contribution in [0.2, 0.25) is 0 Å². The zero-order valence-corrected chi connectivity index (χ0v) is 14.3. The number of nitrogens with one attached hydrogen (secondary N) is 2. The number of carbonyl (C=O) groups is 1. The first-order chi connectivity index (χ1) is 12.2. The Morgan fingerprint density at radius 3 is 3.08 bits per heavy atom. The van der Waals surface area contributed by atoms with Crippen LogP contribution >= 0.6 is 0 Å². The average molecular weight is 338 g/mol. The Morgan fingerprint density at radius 2 is 2.28 bits per heavy atom. The van der Waals surface area contributed by atoms with Crippen LogP contribution in [0, 0.1) is 12.8 Å². The molecule has 0 unspecified atom stereocenters. The number of imidazole rings is 1. The van der Waals surface area contributed by atoms with E-state index in [-0.39, 0.29) is 5.91 Å². The first kappa shape index (κ1) is 15.9. The van der Waals surface area contributed by atoms with Gasteiger partial charge in [0, 0.05) is 18.7 Å². The molecule has 4 rings (SSSR count). The standard InChI is InChI=1S/C19H22N4O2/c1-13-7-9-25-18(13)19(24)20-10-14-6-8-23(11-14)12-17-21-15-4-2-3-5-16(15)22-17/h2-5,7,9,14H,6,8,10-12H2,1H3,(H,20,24)(H,21,22)/t14-/m1/s1. The van der Waals surface area contributed by atoms with Gasteiger partial charge < -0.3 is 14.7 Å². The van der Waals surface area contributed by atoms with Crippen molar-refractivity contribution in [2.24, 2.45) is 5.92 Å². The lowest BCUT2D eigenvalue weighted by Crippen LogP contribution is -2.31. The second kappa shape index (κ2) is 6.72. The minimum Gasteiger partial charge on any atom is -0.459 e. The van der Waals surface area contributed by atoms with Crippen molar-refractivity contribution in [2.75, 3.05) is 19.6 Å². The van der Waals surface area contributed by atoms with E-state index in [0.717, 1.165) is 48.5 Å². The van der Waals surface area contributed by atoms with Gasteiger partial charge in [0.1, 0.15) is 5.82 Å². The van der Waals surface area contributed by atoms with Gasteiger partial charge >= 0.3 is 0 Å². The van der Waals surface area contributed by atoms with Crippen molar-refractivity contribution >= 4 is 16.9 Å². The van der Waals surface area contributed by atoms with Crippen molar-refractivity contribution in [3.8, 4) is 0 Å². The van der Waals surface area contributed by atoms with Gasteiger partial charge in [-0.3, -0.25) is 9.69 Å². The zero-order valence-electron chi connectivity index (χ0n) is 14.3. The molecule has 2 N–H and O–H groups in total. The number of amides is 1. The fourth-order valence-corrected chi connectivity index (χ4v) is 3.44. The van der Waals surface area contributed by atoms with Crippen LogP contribution in [-0.2, 0) is 6.54 Å². The number of aryl methyl sites for hydroxylation is 1. The van der Waals surface area contributed by atoms with Gasteiger partial charge in [0.15, 0.2) is 5.76 Å². The minimum atomic E-state index is -0.127. The van der Waals surface area contributed by atoms with Gasteiger partial charge in [0.2, 0.25) is 0 Å². The maximum absolute atomic E-state index is 12.1. The van der Waals surface area contributed by atoms with Crippen LogP contribution in [-0.4, -0.2) is 40.4 Å². The van der Waals surface area contributed by atoms with Crippen LogP contribution in [0.3, 0.4) is 0 Å². The van der Waals surface area contributed by atoms with Crippen molar-refractivity contribution < 1.29 is 9.21 Å². The fraction of sp³-hybridized carbons (Fsp3) is 0.368. The molecule has 6 nitrogen and oxygen atoms in total. The lowest BCUT2D eigenvalue weighted by molar-refractivity contribution is 0.0918. The monoisotopic (exact) mass is 338 g/mol. The van der Waals surface area contributed by atoms with Crippen molar-refractivity contribution in [1.82, 2.24) is 20.2 Å². The number of carbonyl (C=O) groups excluding carboxylic acids is 1. The largest absolute Gasteiger partial charge is 0.459 e. The van der Waals surface area contributed by atoms with E-state index >= 15 is 0 Å². The number of nitrogens with zero attached hydrogens (tertiary/aromatic N) is 2. The molecule has 1 aliphatic heterocycles. The summed E-state index contributed by atoms with van der Waals surface area (Å²) in [6.07, 6.45) is 2.63. The number of hydrogen-bond acceptors (Lipinski definition) is 4. The lowest BCUT2D eigenvalue weighted by Gasteiger charge is -2.14. The number of furan rings is 1. The number of fused-ring (bicyclic) bond motifs is 1. The van der Waals surface area contributed by atoms with E-state index in [2.05, 4.69) is 20.2 Å². The van der Waals surface area contributed by atoms with Crippen LogP contribution in [0.15, 0.2) is 41.0 Å². The summed E-state index contributed by atoms with van der Waals surface area (Å²) in [5, 5.41) is 2.99. The Hall–Kier alpha value is -2.60. The first-order valence-corrected chi connectivity index (χ1v) is 8.67. The molecule has 0 spiro atoms. The summed E-state index contributed by atoms with van der Waals surface area (Å²) in [6, 6.07) is 9.89. The predicted octanol–water partition coefficient (Wildman–Crippen LogP) is 2.72. The summed E-state index contributed by atoms with van der Waals surface area (Å²) in [7, 11) is 0. The van der Waals surface area contributed by atoms with Crippen molar-refractivity contribution in [3.05, 3.63) is 53.7 Å². The molecule has 1 fully saturated rings. The molecule has 2 aromatic heterocycles. The number of aromatic amines is 1. The number of hydrogen-bond donors (Lipinski definition) is 2. The van der Waals surface area contributed by atoms with Gasteiger partial charge in [-0.2, -0.15) is 0 Å². The Morgan fingerprint density at radius 1 is 1.40 bits per heavy atom. The lowest BCUT2D eigenvalue weighted by atomic mass is 10.1. The van der Waals surface area contributed by atoms with Crippen molar-refractivity contribution in [2.45, 2.75) is 19.9 Å². The van der Waals surface area contributed by atoms with E-state index in [1.54, 1.807) is 12.3 Å².